The van der Waals surface area contributed by atoms with Gasteiger partial charge in [0.05, 0.1) is 6.04 Å². The molecule has 1 saturated carbocycles. The van der Waals surface area contributed by atoms with Gasteiger partial charge in [-0.25, -0.2) is 4.79 Å². The Morgan fingerprint density at radius 3 is 2.71 bits per heavy atom. The molecule has 0 bridgehead atoms. The molecule has 0 spiro atoms. The lowest BCUT2D eigenvalue weighted by Gasteiger charge is -2.10. The molecule has 2 rings (SSSR count). The summed E-state index contributed by atoms with van der Waals surface area (Å²) in [7, 11) is 0. The number of carboxylic acid groups (broad SMARTS) is 1. The molecule has 0 aromatic carbocycles. The summed E-state index contributed by atoms with van der Waals surface area (Å²) in [5.74, 6) is -0.970. The molecular formula is C9H11BrN2O2. The molecule has 0 atom stereocenters. The van der Waals surface area contributed by atoms with Crippen molar-refractivity contribution in [1.82, 2.24) is 9.78 Å². The molecule has 1 aliphatic carbocycles. The normalized spacial score (nSPS) is 17.5. The van der Waals surface area contributed by atoms with E-state index >= 15 is 0 Å². The molecule has 4 nitrogen and oxygen atoms in total. The van der Waals surface area contributed by atoms with Crippen molar-refractivity contribution in [3.63, 3.8) is 0 Å². The highest BCUT2D eigenvalue weighted by molar-refractivity contribution is 9.10. The molecule has 76 valence electrons. The Labute approximate surface area is 90.0 Å². The number of halogens is 1. The van der Waals surface area contributed by atoms with Crippen molar-refractivity contribution in [3.8, 4) is 0 Å². The minimum Gasteiger partial charge on any atom is -0.476 e. The molecule has 0 amide bonds. The third-order valence-corrected chi connectivity index (χ3v) is 3.17. The van der Waals surface area contributed by atoms with Gasteiger partial charge < -0.3 is 5.11 Å². The summed E-state index contributed by atoms with van der Waals surface area (Å²) in [5, 5.41) is 12.8. The second kappa shape index (κ2) is 3.73. The highest BCUT2D eigenvalue weighted by atomic mass is 79.9. The fraction of sp³-hybridized carbons (Fsp3) is 0.556. The maximum Gasteiger partial charge on any atom is 0.356 e. The van der Waals surface area contributed by atoms with Gasteiger partial charge in [0.1, 0.15) is 4.60 Å². The maximum atomic E-state index is 10.7. The first-order valence-electron chi connectivity index (χ1n) is 4.67. The summed E-state index contributed by atoms with van der Waals surface area (Å²) in [6.07, 6.45) is 4.61. The Balaban J connectivity index is 2.28. The zero-order valence-electron chi connectivity index (χ0n) is 7.61. The summed E-state index contributed by atoms with van der Waals surface area (Å²) < 4.78 is 2.55. The maximum absolute atomic E-state index is 10.7. The van der Waals surface area contributed by atoms with E-state index in [-0.39, 0.29) is 5.69 Å². The largest absolute Gasteiger partial charge is 0.476 e. The Bertz CT molecular complexity index is 356. The van der Waals surface area contributed by atoms with Crippen LogP contribution in [0.3, 0.4) is 0 Å². The van der Waals surface area contributed by atoms with Crippen molar-refractivity contribution >= 4 is 21.9 Å². The average Bonchev–Trinajstić information content (AvgIpc) is 2.71. The van der Waals surface area contributed by atoms with Crippen LogP contribution in [0.25, 0.3) is 0 Å². The molecule has 1 fully saturated rings. The van der Waals surface area contributed by atoms with Gasteiger partial charge in [0.15, 0.2) is 5.69 Å². The lowest BCUT2D eigenvalue weighted by atomic mass is 10.3. The van der Waals surface area contributed by atoms with Crippen LogP contribution in [0.1, 0.15) is 42.2 Å². The van der Waals surface area contributed by atoms with Crippen LogP contribution >= 0.6 is 15.9 Å². The van der Waals surface area contributed by atoms with Crippen LogP contribution in [0.2, 0.25) is 0 Å². The second-order valence-corrected chi connectivity index (χ2v) is 4.35. The van der Waals surface area contributed by atoms with E-state index < -0.39 is 5.97 Å². The summed E-state index contributed by atoms with van der Waals surface area (Å²) in [5.41, 5.74) is 0.115. The van der Waals surface area contributed by atoms with Gasteiger partial charge in [-0.1, -0.05) is 12.8 Å². The second-order valence-electron chi connectivity index (χ2n) is 3.54. The third-order valence-electron chi connectivity index (χ3n) is 2.58. The predicted molar refractivity (Wildman–Crippen MR) is 54.4 cm³/mol. The van der Waals surface area contributed by atoms with Gasteiger partial charge in [-0.05, 0) is 28.8 Å². The number of nitrogens with zero attached hydrogens (tertiary/aromatic N) is 2. The quantitative estimate of drug-likeness (QED) is 0.887. The van der Waals surface area contributed by atoms with Gasteiger partial charge in [0.2, 0.25) is 0 Å². The number of carbonyl (C=O) groups is 1. The van der Waals surface area contributed by atoms with Crippen molar-refractivity contribution in [1.29, 1.82) is 0 Å². The van der Waals surface area contributed by atoms with E-state index in [1.54, 1.807) is 10.7 Å². The number of hydrogen-bond acceptors (Lipinski definition) is 2. The van der Waals surface area contributed by atoms with Crippen LogP contribution in [0.15, 0.2) is 10.7 Å². The summed E-state index contributed by atoms with van der Waals surface area (Å²) in [6.45, 7) is 0. The number of hydrogen-bond donors (Lipinski definition) is 1. The molecule has 0 unspecified atom stereocenters. The highest BCUT2D eigenvalue weighted by Crippen LogP contribution is 2.31. The van der Waals surface area contributed by atoms with Crippen molar-refractivity contribution in [2.75, 3.05) is 0 Å². The Morgan fingerprint density at radius 2 is 2.21 bits per heavy atom. The predicted octanol–water partition coefficient (Wildman–Crippen LogP) is 2.46. The summed E-state index contributed by atoms with van der Waals surface area (Å²) >= 11 is 3.33. The SMILES string of the molecule is O=C(O)c1cc(Br)n(C2CCCC2)n1. The molecule has 1 aromatic heterocycles. The average molecular weight is 259 g/mol. The molecule has 0 radical (unpaired) electrons. The molecule has 1 aromatic rings. The van der Waals surface area contributed by atoms with Gasteiger partial charge in [-0.2, -0.15) is 5.10 Å². The first-order valence-corrected chi connectivity index (χ1v) is 5.46. The van der Waals surface area contributed by atoms with Gasteiger partial charge >= 0.3 is 5.97 Å². The summed E-state index contributed by atoms with van der Waals surface area (Å²) in [6, 6.07) is 1.93. The van der Waals surface area contributed by atoms with Crippen LogP contribution in [-0.2, 0) is 0 Å². The van der Waals surface area contributed by atoms with Crippen LogP contribution < -0.4 is 0 Å². The van der Waals surface area contributed by atoms with Gasteiger partial charge in [-0.15, -0.1) is 0 Å². The Morgan fingerprint density at radius 1 is 1.57 bits per heavy atom. The Hall–Kier alpha value is -0.840. The lowest BCUT2D eigenvalue weighted by Crippen LogP contribution is -2.08. The van der Waals surface area contributed by atoms with Crippen molar-refractivity contribution in [2.45, 2.75) is 31.7 Å². The van der Waals surface area contributed by atoms with Crippen molar-refractivity contribution < 1.29 is 9.90 Å². The monoisotopic (exact) mass is 258 g/mol. The standard InChI is InChI=1S/C9H11BrN2O2/c10-8-5-7(9(13)14)11-12(8)6-3-1-2-4-6/h5-6H,1-4H2,(H,13,14). The minimum absolute atomic E-state index is 0.115. The van der Waals surface area contributed by atoms with Crippen LogP contribution in [0, 0.1) is 0 Å². The first-order chi connectivity index (χ1) is 6.68. The van der Waals surface area contributed by atoms with E-state index in [2.05, 4.69) is 21.0 Å². The molecular weight excluding hydrogens is 248 g/mol. The van der Waals surface area contributed by atoms with Gasteiger partial charge in [0, 0.05) is 6.07 Å². The van der Waals surface area contributed by atoms with Crippen LogP contribution in [0.4, 0.5) is 0 Å². The molecule has 0 saturated heterocycles. The fourth-order valence-corrected chi connectivity index (χ4v) is 2.47. The van der Waals surface area contributed by atoms with Crippen molar-refractivity contribution in [2.24, 2.45) is 0 Å². The smallest absolute Gasteiger partial charge is 0.356 e. The van der Waals surface area contributed by atoms with E-state index in [1.165, 1.54) is 12.8 Å². The topological polar surface area (TPSA) is 55.1 Å². The molecule has 1 heterocycles. The number of carboxylic acids is 1. The van der Waals surface area contributed by atoms with Crippen LogP contribution in [0.5, 0.6) is 0 Å². The minimum atomic E-state index is -0.970. The Kier molecular flexibility index (Phi) is 2.58. The molecule has 0 aliphatic heterocycles. The van der Waals surface area contributed by atoms with E-state index in [0.29, 0.717) is 6.04 Å². The van der Waals surface area contributed by atoms with E-state index in [9.17, 15) is 4.79 Å². The van der Waals surface area contributed by atoms with Crippen LogP contribution in [-0.4, -0.2) is 20.9 Å². The van der Waals surface area contributed by atoms with E-state index in [1.807, 2.05) is 0 Å². The molecule has 1 N–H and O–H groups in total. The fourth-order valence-electron chi connectivity index (χ4n) is 1.88. The first kappa shape index (κ1) is 9.71. The van der Waals surface area contributed by atoms with Gasteiger partial charge in [0.25, 0.3) is 0 Å². The number of aromatic carboxylic acids is 1. The number of aromatic nitrogens is 2. The molecule has 14 heavy (non-hydrogen) atoms. The highest BCUT2D eigenvalue weighted by Gasteiger charge is 2.21. The van der Waals surface area contributed by atoms with E-state index in [4.69, 9.17) is 5.11 Å². The van der Waals surface area contributed by atoms with Crippen molar-refractivity contribution in [3.05, 3.63) is 16.4 Å². The van der Waals surface area contributed by atoms with Gasteiger partial charge in [-0.3, -0.25) is 4.68 Å². The summed E-state index contributed by atoms with van der Waals surface area (Å²) in [4.78, 5) is 10.7. The lowest BCUT2D eigenvalue weighted by molar-refractivity contribution is 0.0689. The number of rotatable bonds is 2. The molecule has 1 aliphatic rings. The van der Waals surface area contributed by atoms with E-state index in [0.717, 1.165) is 17.4 Å². The zero-order chi connectivity index (χ0) is 10.1. The zero-order valence-corrected chi connectivity index (χ0v) is 9.20. The molecule has 5 heteroatoms. The third kappa shape index (κ3) is 1.68.